The first-order chi connectivity index (χ1) is 9.38. The molecule has 7 heteroatoms. The molecule has 1 fully saturated rings. The molecule has 1 aromatic carbocycles. The molecule has 0 amide bonds. The molecule has 1 unspecified atom stereocenters. The Balaban J connectivity index is 2.13. The van der Waals surface area contributed by atoms with Crippen LogP contribution in [0, 0.1) is 0 Å². The van der Waals surface area contributed by atoms with E-state index in [1.807, 2.05) is 0 Å². The molecule has 1 heterocycles. The summed E-state index contributed by atoms with van der Waals surface area (Å²) in [6.45, 7) is 1.49. The van der Waals surface area contributed by atoms with E-state index in [4.69, 9.17) is 15.6 Å². The third-order valence-corrected chi connectivity index (χ3v) is 4.56. The Morgan fingerprint density at radius 3 is 2.80 bits per heavy atom. The Hall–Kier alpha value is -1.31. The smallest absolute Gasteiger partial charge is 0.241 e. The van der Waals surface area contributed by atoms with Crippen LogP contribution in [0.3, 0.4) is 0 Å². The highest BCUT2D eigenvalue weighted by molar-refractivity contribution is 7.89. The minimum Gasteiger partial charge on any atom is -0.491 e. The fraction of sp³-hybridized carbons (Fsp3) is 0.538. The number of nitrogen functional groups attached to an aromatic ring is 1. The molecule has 2 rings (SSSR count). The maximum absolute atomic E-state index is 11.6. The van der Waals surface area contributed by atoms with Crippen LogP contribution < -0.4 is 15.6 Å². The van der Waals surface area contributed by atoms with Gasteiger partial charge in [0.05, 0.1) is 0 Å². The molecule has 1 aromatic rings. The van der Waals surface area contributed by atoms with Crippen LogP contribution in [0.1, 0.15) is 19.3 Å². The van der Waals surface area contributed by atoms with Gasteiger partial charge in [0.2, 0.25) is 10.0 Å². The van der Waals surface area contributed by atoms with Gasteiger partial charge in [-0.15, -0.1) is 0 Å². The van der Waals surface area contributed by atoms with E-state index >= 15 is 0 Å². The maximum Gasteiger partial charge on any atom is 0.241 e. The summed E-state index contributed by atoms with van der Waals surface area (Å²) in [5, 5.41) is 5.19. The molecule has 0 saturated carbocycles. The van der Waals surface area contributed by atoms with E-state index in [0.29, 0.717) is 18.3 Å². The molecule has 0 spiro atoms. The van der Waals surface area contributed by atoms with Crippen LogP contribution in [0.2, 0.25) is 0 Å². The highest BCUT2D eigenvalue weighted by atomic mass is 32.2. The largest absolute Gasteiger partial charge is 0.491 e. The third kappa shape index (κ3) is 3.62. The van der Waals surface area contributed by atoms with Crippen LogP contribution in [0.15, 0.2) is 23.1 Å². The van der Waals surface area contributed by atoms with E-state index in [-0.39, 0.29) is 10.6 Å². The molecule has 4 N–H and O–H groups in total. The molecule has 0 radical (unpaired) electrons. The Labute approximate surface area is 119 Å². The van der Waals surface area contributed by atoms with Gasteiger partial charge in [0.25, 0.3) is 0 Å². The van der Waals surface area contributed by atoms with Gasteiger partial charge in [-0.2, -0.15) is 0 Å². The maximum atomic E-state index is 11.6. The van der Waals surface area contributed by atoms with E-state index in [1.54, 1.807) is 12.1 Å². The number of rotatable bonds is 4. The summed E-state index contributed by atoms with van der Waals surface area (Å²) in [5.74, 6) is 0.265. The quantitative estimate of drug-likeness (QED) is 0.800. The highest BCUT2D eigenvalue weighted by Crippen LogP contribution is 2.26. The summed E-state index contributed by atoms with van der Waals surface area (Å²) < 4.78 is 28.8. The molecule has 1 atom stereocenters. The van der Waals surface area contributed by atoms with Crippen LogP contribution in [-0.2, 0) is 10.0 Å². The number of piperidine rings is 1. The van der Waals surface area contributed by atoms with Gasteiger partial charge in [0.15, 0.2) is 0 Å². The zero-order valence-electron chi connectivity index (χ0n) is 11.6. The first kappa shape index (κ1) is 15.1. The summed E-state index contributed by atoms with van der Waals surface area (Å²) in [7, 11) is -1.79. The van der Waals surface area contributed by atoms with Crippen LogP contribution >= 0.6 is 0 Å². The predicted octanol–water partition coefficient (Wildman–Crippen LogP) is 0.779. The molecule has 6 nitrogen and oxygen atoms in total. The van der Waals surface area contributed by atoms with Crippen molar-refractivity contribution < 1.29 is 13.2 Å². The summed E-state index contributed by atoms with van der Waals surface area (Å²) in [5.41, 5.74) is 5.95. The van der Waals surface area contributed by atoms with Crippen molar-refractivity contribution in [2.45, 2.75) is 30.2 Å². The standard InChI is InChI=1S/C13H21N3O3S/c1-16-7-3-2-4-11(16)9-19-12-6-5-10(14)8-13(12)20(15,17)18/h5-6,8,11H,2-4,7,9,14H2,1H3,(H2,15,17,18). The number of hydrogen-bond acceptors (Lipinski definition) is 5. The molecule has 20 heavy (non-hydrogen) atoms. The first-order valence-corrected chi connectivity index (χ1v) is 8.18. The number of anilines is 1. The van der Waals surface area contributed by atoms with Crippen LogP contribution in [0.5, 0.6) is 5.75 Å². The number of likely N-dealkylation sites (tertiary alicyclic amines) is 1. The van der Waals surface area contributed by atoms with Crippen molar-refractivity contribution in [2.75, 3.05) is 25.9 Å². The van der Waals surface area contributed by atoms with E-state index in [1.165, 1.54) is 18.9 Å². The molecule has 112 valence electrons. The average Bonchev–Trinajstić information content (AvgIpc) is 2.38. The molecular weight excluding hydrogens is 278 g/mol. The van der Waals surface area contributed by atoms with Crippen molar-refractivity contribution in [3.05, 3.63) is 18.2 Å². The first-order valence-electron chi connectivity index (χ1n) is 6.63. The van der Waals surface area contributed by atoms with Gasteiger partial charge in [0, 0.05) is 11.7 Å². The fourth-order valence-corrected chi connectivity index (χ4v) is 3.11. The van der Waals surface area contributed by atoms with Crippen molar-refractivity contribution in [1.82, 2.24) is 4.90 Å². The van der Waals surface area contributed by atoms with E-state index in [0.717, 1.165) is 13.0 Å². The lowest BCUT2D eigenvalue weighted by molar-refractivity contribution is 0.123. The topological polar surface area (TPSA) is 98.7 Å². The lowest BCUT2D eigenvalue weighted by atomic mass is 10.0. The molecule has 1 aliphatic heterocycles. The summed E-state index contributed by atoms with van der Waals surface area (Å²) >= 11 is 0. The van der Waals surface area contributed by atoms with Gasteiger partial charge >= 0.3 is 0 Å². The fourth-order valence-electron chi connectivity index (χ4n) is 2.41. The van der Waals surface area contributed by atoms with Crippen molar-refractivity contribution in [3.8, 4) is 5.75 Å². The lowest BCUT2D eigenvalue weighted by Gasteiger charge is -2.32. The van der Waals surface area contributed by atoms with E-state index in [2.05, 4.69) is 11.9 Å². The van der Waals surface area contributed by atoms with Crippen LogP contribution in [0.25, 0.3) is 0 Å². The minimum atomic E-state index is -3.84. The predicted molar refractivity (Wildman–Crippen MR) is 78.0 cm³/mol. The lowest BCUT2D eigenvalue weighted by Crippen LogP contribution is -2.40. The molecular formula is C13H21N3O3S. The number of hydrogen-bond donors (Lipinski definition) is 2. The van der Waals surface area contributed by atoms with Crippen molar-refractivity contribution in [3.63, 3.8) is 0 Å². The van der Waals surface area contributed by atoms with Gasteiger partial charge in [0.1, 0.15) is 17.3 Å². The number of benzene rings is 1. The zero-order chi connectivity index (χ0) is 14.8. The van der Waals surface area contributed by atoms with Crippen molar-refractivity contribution in [2.24, 2.45) is 5.14 Å². The molecule has 0 aliphatic carbocycles. The van der Waals surface area contributed by atoms with Crippen molar-refractivity contribution in [1.29, 1.82) is 0 Å². The Morgan fingerprint density at radius 1 is 1.40 bits per heavy atom. The van der Waals surface area contributed by atoms with Gasteiger partial charge in [-0.1, -0.05) is 6.42 Å². The SMILES string of the molecule is CN1CCCCC1COc1ccc(N)cc1S(N)(=O)=O. The normalized spacial score (nSPS) is 20.8. The number of nitrogens with two attached hydrogens (primary N) is 2. The minimum absolute atomic E-state index is 0.0593. The second kappa shape index (κ2) is 5.99. The number of ether oxygens (including phenoxy) is 1. The van der Waals surface area contributed by atoms with Gasteiger partial charge in [-0.25, -0.2) is 13.6 Å². The second-order valence-electron chi connectivity index (χ2n) is 5.19. The van der Waals surface area contributed by atoms with Gasteiger partial charge < -0.3 is 15.4 Å². The summed E-state index contributed by atoms with van der Waals surface area (Å²) in [4.78, 5) is 2.17. The number of likely N-dealkylation sites (N-methyl/N-ethyl adjacent to an activating group) is 1. The average molecular weight is 299 g/mol. The molecule has 1 aliphatic rings. The number of nitrogens with zero attached hydrogens (tertiary/aromatic N) is 1. The highest BCUT2D eigenvalue weighted by Gasteiger charge is 2.21. The Morgan fingerprint density at radius 2 is 2.15 bits per heavy atom. The monoisotopic (exact) mass is 299 g/mol. The van der Waals surface area contributed by atoms with Gasteiger partial charge in [-0.05, 0) is 44.6 Å². The third-order valence-electron chi connectivity index (χ3n) is 3.63. The van der Waals surface area contributed by atoms with Gasteiger partial charge in [-0.3, -0.25) is 0 Å². The second-order valence-corrected chi connectivity index (χ2v) is 6.72. The zero-order valence-corrected chi connectivity index (χ0v) is 12.4. The summed E-state index contributed by atoms with van der Waals surface area (Å²) in [6, 6.07) is 4.79. The van der Waals surface area contributed by atoms with Crippen LogP contribution in [0.4, 0.5) is 5.69 Å². The Bertz CT molecular complexity index is 574. The molecule has 1 saturated heterocycles. The molecule has 0 aromatic heterocycles. The Kier molecular flexibility index (Phi) is 4.52. The van der Waals surface area contributed by atoms with E-state index < -0.39 is 10.0 Å². The van der Waals surface area contributed by atoms with Crippen LogP contribution in [-0.4, -0.2) is 39.6 Å². The molecule has 0 bridgehead atoms. The number of sulfonamides is 1. The van der Waals surface area contributed by atoms with E-state index in [9.17, 15) is 8.42 Å². The van der Waals surface area contributed by atoms with Crippen molar-refractivity contribution >= 4 is 15.7 Å². The summed E-state index contributed by atoms with van der Waals surface area (Å²) in [6.07, 6.45) is 3.41. The number of primary sulfonamides is 1.